The van der Waals surface area contributed by atoms with Crippen LogP contribution in [-0.4, -0.2) is 15.6 Å². The van der Waals surface area contributed by atoms with Crippen LogP contribution in [0.5, 0.6) is 0 Å². The Morgan fingerprint density at radius 1 is 1.62 bits per heavy atom. The molecule has 13 heavy (non-hydrogen) atoms. The van der Waals surface area contributed by atoms with Crippen LogP contribution >= 0.6 is 0 Å². The summed E-state index contributed by atoms with van der Waals surface area (Å²) < 4.78 is 1.27. The van der Waals surface area contributed by atoms with E-state index in [2.05, 4.69) is 0 Å². The van der Waals surface area contributed by atoms with Gasteiger partial charge in [0.2, 0.25) is 0 Å². The molecule has 1 aromatic heterocycles. The van der Waals surface area contributed by atoms with E-state index in [9.17, 15) is 9.59 Å². The van der Waals surface area contributed by atoms with Gasteiger partial charge in [0, 0.05) is 19.3 Å². The highest BCUT2D eigenvalue weighted by atomic mass is 16.4. The van der Waals surface area contributed by atoms with E-state index in [1.165, 1.54) is 23.9 Å². The van der Waals surface area contributed by atoms with Crippen LogP contribution in [0.15, 0.2) is 17.1 Å². The largest absolute Gasteiger partial charge is 0.478 e. The summed E-state index contributed by atoms with van der Waals surface area (Å²) >= 11 is 0. The van der Waals surface area contributed by atoms with Gasteiger partial charge < -0.3 is 9.67 Å². The van der Waals surface area contributed by atoms with Crippen molar-refractivity contribution >= 4 is 5.97 Å². The number of aryl methyl sites for hydroxylation is 2. The Labute approximate surface area is 75.4 Å². The van der Waals surface area contributed by atoms with Crippen LogP contribution in [0.4, 0.5) is 0 Å². The van der Waals surface area contributed by atoms with Crippen LogP contribution in [-0.2, 0) is 13.5 Å². The first-order valence-electron chi connectivity index (χ1n) is 3.99. The molecule has 4 heteroatoms. The zero-order valence-corrected chi connectivity index (χ0v) is 7.57. The number of hydrogen-bond acceptors (Lipinski definition) is 2. The second-order valence-corrected chi connectivity index (χ2v) is 2.82. The van der Waals surface area contributed by atoms with Gasteiger partial charge in [-0.3, -0.25) is 4.79 Å². The summed E-state index contributed by atoms with van der Waals surface area (Å²) in [4.78, 5) is 21.9. The molecule has 1 N–H and O–H groups in total. The third kappa shape index (κ3) is 1.77. The summed E-state index contributed by atoms with van der Waals surface area (Å²) in [5.74, 6) is -0.993. The number of nitrogens with zero attached hydrogens (tertiary/aromatic N) is 1. The Kier molecular flexibility index (Phi) is 2.51. The normalized spacial score (nSPS) is 10.0. The van der Waals surface area contributed by atoms with E-state index in [0.717, 1.165) is 0 Å². The van der Waals surface area contributed by atoms with Crippen LogP contribution in [0.2, 0.25) is 0 Å². The Balaban J connectivity index is 3.42. The number of aromatic nitrogens is 1. The van der Waals surface area contributed by atoms with Crippen LogP contribution in [0, 0.1) is 0 Å². The summed E-state index contributed by atoms with van der Waals surface area (Å²) in [5.41, 5.74) is 0.599. The molecule has 1 aromatic rings. The van der Waals surface area contributed by atoms with Gasteiger partial charge in [0.15, 0.2) is 0 Å². The van der Waals surface area contributed by atoms with Gasteiger partial charge >= 0.3 is 5.97 Å². The fourth-order valence-corrected chi connectivity index (χ4v) is 1.15. The van der Waals surface area contributed by atoms with Crippen molar-refractivity contribution in [1.82, 2.24) is 4.57 Å². The van der Waals surface area contributed by atoms with Crippen molar-refractivity contribution < 1.29 is 9.90 Å². The Morgan fingerprint density at radius 3 is 2.69 bits per heavy atom. The molecule has 0 amide bonds. The highest BCUT2D eigenvalue weighted by Crippen LogP contribution is 2.05. The van der Waals surface area contributed by atoms with Crippen molar-refractivity contribution in [3.63, 3.8) is 0 Å². The lowest BCUT2D eigenvalue weighted by Gasteiger charge is -2.04. The van der Waals surface area contributed by atoms with E-state index < -0.39 is 5.97 Å². The summed E-state index contributed by atoms with van der Waals surface area (Å²) in [6.07, 6.45) is 1.90. The topological polar surface area (TPSA) is 59.3 Å². The van der Waals surface area contributed by atoms with Gasteiger partial charge in [0.05, 0.1) is 5.56 Å². The van der Waals surface area contributed by atoms with E-state index in [4.69, 9.17) is 5.11 Å². The van der Waals surface area contributed by atoms with Crippen molar-refractivity contribution in [1.29, 1.82) is 0 Å². The average Bonchev–Trinajstić information content (AvgIpc) is 2.08. The smallest absolute Gasteiger partial charge is 0.337 e. The van der Waals surface area contributed by atoms with Crippen molar-refractivity contribution in [2.45, 2.75) is 13.3 Å². The lowest BCUT2D eigenvalue weighted by molar-refractivity contribution is 0.0694. The summed E-state index contributed by atoms with van der Waals surface area (Å²) in [6, 6.07) is 1.36. The number of aromatic carboxylic acids is 1. The molecule has 70 valence electrons. The van der Waals surface area contributed by atoms with Gasteiger partial charge in [-0.05, 0) is 12.0 Å². The quantitative estimate of drug-likeness (QED) is 0.728. The molecule has 4 nitrogen and oxygen atoms in total. The van der Waals surface area contributed by atoms with Gasteiger partial charge in [0.1, 0.15) is 0 Å². The minimum atomic E-state index is -0.993. The number of rotatable bonds is 2. The summed E-state index contributed by atoms with van der Waals surface area (Å²) in [7, 11) is 1.54. The van der Waals surface area contributed by atoms with Gasteiger partial charge in [0.25, 0.3) is 5.56 Å². The van der Waals surface area contributed by atoms with Crippen LogP contribution < -0.4 is 5.56 Å². The lowest BCUT2D eigenvalue weighted by Crippen LogP contribution is -2.19. The van der Waals surface area contributed by atoms with E-state index in [1.807, 2.05) is 6.92 Å². The first-order valence-corrected chi connectivity index (χ1v) is 3.99. The molecule has 0 saturated heterocycles. The first kappa shape index (κ1) is 9.51. The monoisotopic (exact) mass is 181 g/mol. The number of carboxylic acids is 1. The minimum absolute atomic E-state index is 0.179. The molecule has 0 atom stereocenters. The lowest BCUT2D eigenvalue weighted by atomic mass is 10.1. The van der Waals surface area contributed by atoms with Crippen molar-refractivity contribution in [3.8, 4) is 0 Å². The summed E-state index contributed by atoms with van der Waals surface area (Å²) in [5, 5.41) is 8.80. The van der Waals surface area contributed by atoms with E-state index in [1.54, 1.807) is 0 Å². The molecule has 0 bridgehead atoms. The number of hydrogen-bond donors (Lipinski definition) is 1. The Bertz CT molecular complexity index is 392. The maximum absolute atomic E-state index is 11.1. The molecule has 0 aliphatic carbocycles. The van der Waals surface area contributed by atoms with Crippen LogP contribution in [0.25, 0.3) is 0 Å². The molecule has 0 unspecified atom stereocenters. The Hall–Kier alpha value is -1.58. The molecule has 0 saturated carbocycles. The van der Waals surface area contributed by atoms with Gasteiger partial charge in [-0.1, -0.05) is 6.92 Å². The van der Waals surface area contributed by atoms with Crippen molar-refractivity contribution in [3.05, 3.63) is 33.7 Å². The fraction of sp³-hybridized carbons (Fsp3) is 0.333. The van der Waals surface area contributed by atoms with Gasteiger partial charge in [-0.2, -0.15) is 0 Å². The van der Waals surface area contributed by atoms with E-state index >= 15 is 0 Å². The molecular formula is C9H11NO3. The maximum atomic E-state index is 11.1. The zero-order chi connectivity index (χ0) is 10.0. The highest BCUT2D eigenvalue weighted by Gasteiger charge is 2.09. The minimum Gasteiger partial charge on any atom is -0.478 e. The fourth-order valence-electron chi connectivity index (χ4n) is 1.15. The number of pyridine rings is 1. The van der Waals surface area contributed by atoms with Crippen molar-refractivity contribution in [2.75, 3.05) is 0 Å². The number of carbonyl (C=O) groups is 1. The second-order valence-electron chi connectivity index (χ2n) is 2.82. The molecule has 0 aliphatic heterocycles. The second kappa shape index (κ2) is 3.43. The maximum Gasteiger partial charge on any atom is 0.337 e. The molecule has 0 spiro atoms. The van der Waals surface area contributed by atoms with E-state index in [-0.39, 0.29) is 11.1 Å². The Morgan fingerprint density at radius 2 is 2.23 bits per heavy atom. The van der Waals surface area contributed by atoms with Crippen LogP contribution in [0.1, 0.15) is 22.8 Å². The molecular weight excluding hydrogens is 170 g/mol. The molecule has 0 aromatic carbocycles. The predicted molar refractivity (Wildman–Crippen MR) is 48.0 cm³/mol. The summed E-state index contributed by atoms with van der Waals surface area (Å²) in [6.45, 7) is 1.82. The molecule has 1 rings (SSSR count). The highest BCUT2D eigenvalue weighted by molar-refractivity contribution is 5.88. The molecule has 0 aliphatic rings. The third-order valence-electron chi connectivity index (χ3n) is 1.93. The molecule has 0 fully saturated rings. The first-order chi connectivity index (χ1) is 6.06. The zero-order valence-electron chi connectivity index (χ0n) is 7.57. The standard InChI is InChI=1S/C9H11NO3/c1-3-6-4-8(11)10(2)5-7(6)9(12)13/h4-5H,3H2,1-2H3,(H,12,13). The number of carboxylic acid groups (broad SMARTS) is 1. The van der Waals surface area contributed by atoms with Gasteiger partial charge in [-0.25, -0.2) is 4.79 Å². The van der Waals surface area contributed by atoms with Crippen molar-refractivity contribution in [2.24, 2.45) is 7.05 Å². The molecule has 0 radical (unpaired) electrons. The van der Waals surface area contributed by atoms with E-state index in [0.29, 0.717) is 12.0 Å². The molecule has 1 heterocycles. The van der Waals surface area contributed by atoms with Gasteiger partial charge in [-0.15, -0.1) is 0 Å². The van der Waals surface area contributed by atoms with Crippen LogP contribution in [0.3, 0.4) is 0 Å². The average molecular weight is 181 g/mol. The SMILES string of the molecule is CCc1cc(=O)n(C)cc1C(=O)O. The third-order valence-corrected chi connectivity index (χ3v) is 1.93. The predicted octanol–water partition coefficient (Wildman–Crippen LogP) is 0.646.